The predicted molar refractivity (Wildman–Crippen MR) is 60.4 cm³/mol. The molecule has 0 aromatic heterocycles. The molecule has 0 aliphatic carbocycles. The maximum atomic E-state index is 10.5. The van der Waals surface area contributed by atoms with E-state index in [1.54, 1.807) is 13.0 Å². The summed E-state index contributed by atoms with van der Waals surface area (Å²) in [7, 11) is 0. The van der Waals surface area contributed by atoms with Crippen molar-refractivity contribution in [1.82, 2.24) is 0 Å². The zero-order chi connectivity index (χ0) is 12.1. The molecule has 1 N–H and O–H groups in total. The summed E-state index contributed by atoms with van der Waals surface area (Å²) in [5.41, 5.74) is 0.327. The van der Waals surface area contributed by atoms with Gasteiger partial charge in [-0.2, -0.15) is 0 Å². The fourth-order valence-electron chi connectivity index (χ4n) is 1.88. The maximum absolute atomic E-state index is 10.5. The highest BCUT2D eigenvalue weighted by Crippen LogP contribution is 2.21. The Labute approximate surface area is 96.2 Å². The summed E-state index contributed by atoms with van der Waals surface area (Å²) in [6.07, 6.45) is 3.98. The first-order valence-corrected chi connectivity index (χ1v) is 5.66. The van der Waals surface area contributed by atoms with Gasteiger partial charge in [0.15, 0.2) is 0 Å². The van der Waals surface area contributed by atoms with Crippen LogP contribution in [-0.2, 0) is 14.3 Å². The Morgan fingerprint density at radius 2 is 2.00 bits per heavy atom. The van der Waals surface area contributed by atoms with Crippen LogP contribution in [0.1, 0.15) is 33.6 Å². The lowest BCUT2D eigenvalue weighted by molar-refractivity contribution is -0.132. The molecule has 4 nitrogen and oxygen atoms in total. The third-order valence-electron chi connectivity index (χ3n) is 2.71. The molecule has 1 saturated heterocycles. The van der Waals surface area contributed by atoms with Crippen molar-refractivity contribution in [1.29, 1.82) is 0 Å². The monoisotopic (exact) mass is 228 g/mol. The van der Waals surface area contributed by atoms with E-state index in [0.29, 0.717) is 12.2 Å². The Kier molecular flexibility index (Phi) is 4.96. The van der Waals surface area contributed by atoms with Gasteiger partial charge in [-0.1, -0.05) is 0 Å². The summed E-state index contributed by atoms with van der Waals surface area (Å²) < 4.78 is 11.2. The van der Waals surface area contributed by atoms with Crippen LogP contribution in [0.3, 0.4) is 0 Å². The van der Waals surface area contributed by atoms with Gasteiger partial charge < -0.3 is 14.6 Å². The van der Waals surface area contributed by atoms with E-state index in [1.807, 2.05) is 13.8 Å². The number of hydrogen-bond donors (Lipinski definition) is 1. The normalized spacial score (nSPS) is 31.4. The van der Waals surface area contributed by atoms with Gasteiger partial charge in [0.1, 0.15) is 0 Å². The third kappa shape index (κ3) is 4.33. The van der Waals surface area contributed by atoms with Gasteiger partial charge in [0.05, 0.1) is 24.9 Å². The van der Waals surface area contributed by atoms with Gasteiger partial charge in [0.2, 0.25) is 0 Å². The van der Waals surface area contributed by atoms with Crippen LogP contribution in [0.4, 0.5) is 0 Å². The molecule has 1 aliphatic rings. The molecule has 16 heavy (non-hydrogen) atoms. The van der Waals surface area contributed by atoms with E-state index in [-0.39, 0.29) is 18.3 Å². The van der Waals surface area contributed by atoms with Crippen molar-refractivity contribution < 1.29 is 19.4 Å². The minimum absolute atomic E-state index is 0.177. The van der Waals surface area contributed by atoms with Crippen molar-refractivity contribution in [3.63, 3.8) is 0 Å². The molecule has 1 heterocycles. The van der Waals surface area contributed by atoms with E-state index in [0.717, 1.165) is 12.8 Å². The smallest absolute Gasteiger partial charge is 0.331 e. The predicted octanol–water partition coefficient (Wildman–Crippen LogP) is 1.99. The molecular formula is C12H20O4. The Bertz CT molecular complexity index is 262. The van der Waals surface area contributed by atoms with Crippen molar-refractivity contribution in [2.75, 3.05) is 6.61 Å². The van der Waals surface area contributed by atoms with Crippen molar-refractivity contribution in [2.24, 2.45) is 0 Å². The third-order valence-corrected chi connectivity index (χ3v) is 2.71. The molecule has 2 unspecified atom stereocenters. The Morgan fingerprint density at radius 1 is 1.44 bits per heavy atom. The maximum Gasteiger partial charge on any atom is 0.331 e. The standard InChI is InChI=1S/C12H20O4/c1-8(12(13)14)4-5-15-11-6-9(2)16-10(3)7-11/h4,9-11H,5-7H2,1-3H3,(H,13,14)/b8-4-. The fourth-order valence-corrected chi connectivity index (χ4v) is 1.88. The van der Waals surface area contributed by atoms with E-state index >= 15 is 0 Å². The molecule has 4 heteroatoms. The molecule has 0 saturated carbocycles. The first kappa shape index (κ1) is 13.2. The van der Waals surface area contributed by atoms with E-state index in [2.05, 4.69) is 0 Å². The first-order valence-electron chi connectivity index (χ1n) is 5.66. The molecular weight excluding hydrogens is 208 g/mol. The number of carboxylic acid groups (broad SMARTS) is 1. The summed E-state index contributed by atoms with van der Waals surface area (Å²) in [6, 6.07) is 0. The Morgan fingerprint density at radius 3 is 2.50 bits per heavy atom. The number of carboxylic acids is 1. The van der Waals surface area contributed by atoms with Gasteiger partial charge in [0.25, 0.3) is 0 Å². The van der Waals surface area contributed by atoms with Crippen LogP contribution in [0.2, 0.25) is 0 Å². The molecule has 2 atom stereocenters. The van der Waals surface area contributed by atoms with Crippen molar-refractivity contribution >= 4 is 5.97 Å². The molecule has 1 aliphatic heterocycles. The fraction of sp³-hybridized carbons (Fsp3) is 0.750. The van der Waals surface area contributed by atoms with E-state index < -0.39 is 5.97 Å². The number of hydrogen-bond acceptors (Lipinski definition) is 3. The minimum Gasteiger partial charge on any atom is -0.478 e. The second-order valence-electron chi connectivity index (χ2n) is 4.38. The van der Waals surface area contributed by atoms with E-state index in [4.69, 9.17) is 14.6 Å². The van der Waals surface area contributed by atoms with Gasteiger partial charge in [-0.15, -0.1) is 0 Å². The zero-order valence-corrected chi connectivity index (χ0v) is 10.1. The minimum atomic E-state index is -0.891. The highest BCUT2D eigenvalue weighted by molar-refractivity contribution is 5.85. The van der Waals surface area contributed by atoms with Crippen LogP contribution in [0, 0.1) is 0 Å². The average molecular weight is 228 g/mol. The number of carbonyl (C=O) groups is 1. The second-order valence-corrected chi connectivity index (χ2v) is 4.38. The van der Waals surface area contributed by atoms with Crippen LogP contribution in [-0.4, -0.2) is 36.0 Å². The summed E-state index contributed by atoms with van der Waals surface area (Å²) >= 11 is 0. The molecule has 92 valence electrons. The lowest BCUT2D eigenvalue weighted by Crippen LogP contribution is -2.34. The Balaban J connectivity index is 2.32. The molecule has 0 radical (unpaired) electrons. The molecule has 0 bridgehead atoms. The number of ether oxygens (including phenoxy) is 2. The van der Waals surface area contributed by atoms with Crippen LogP contribution in [0.5, 0.6) is 0 Å². The topological polar surface area (TPSA) is 55.8 Å². The van der Waals surface area contributed by atoms with Crippen molar-refractivity contribution in [3.05, 3.63) is 11.6 Å². The van der Waals surface area contributed by atoms with Crippen molar-refractivity contribution in [3.8, 4) is 0 Å². The van der Waals surface area contributed by atoms with Crippen LogP contribution in [0.15, 0.2) is 11.6 Å². The molecule has 0 amide bonds. The number of aliphatic carboxylic acids is 1. The van der Waals surface area contributed by atoms with Gasteiger partial charge in [-0.25, -0.2) is 4.79 Å². The van der Waals surface area contributed by atoms with Gasteiger partial charge in [0, 0.05) is 5.57 Å². The average Bonchev–Trinajstić information content (AvgIpc) is 2.15. The Hall–Kier alpha value is -0.870. The zero-order valence-electron chi connectivity index (χ0n) is 10.1. The van der Waals surface area contributed by atoms with Crippen molar-refractivity contribution in [2.45, 2.75) is 51.9 Å². The SMILES string of the molecule is C/C(=C/COC1CC(C)OC(C)C1)C(=O)O. The lowest BCUT2D eigenvalue weighted by atomic mass is 10.0. The van der Waals surface area contributed by atoms with Crippen LogP contribution < -0.4 is 0 Å². The van der Waals surface area contributed by atoms with Gasteiger partial charge in [-0.3, -0.25) is 0 Å². The molecule has 1 fully saturated rings. The summed E-state index contributed by atoms with van der Waals surface area (Å²) in [5, 5.41) is 8.66. The molecule has 0 aromatic carbocycles. The van der Waals surface area contributed by atoms with Crippen LogP contribution in [0.25, 0.3) is 0 Å². The summed E-state index contributed by atoms with van der Waals surface area (Å²) in [6.45, 7) is 6.00. The molecule has 1 rings (SSSR count). The van der Waals surface area contributed by atoms with E-state index in [9.17, 15) is 4.79 Å². The van der Waals surface area contributed by atoms with E-state index in [1.165, 1.54) is 0 Å². The molecule has 0 spiro atoms. The quantitative estimate of drug-likeness (QED) is 0.748. The van der Waals surface area contributed by atoms with Crippen LogP contribution >= 0.6 is 0 Å². The second kappa shape index (κ2) is 6.01. The van der Waals surface area contributed by atoms with Gasteiger partial charge >= 0.3 is 5.97 Å². The van der Waals surface area contributed by atoms with Gasteiger partial charge in [-0.05, 0) is 39.7 Å². The lowest BCUT2D eigenvalue weighted by Gasteiger charge is -2.31. The number of rotatable bonds is 4. The summed E-state index contributed by atoms with van der Waals surface area (Å²) in [4.78, 5) is 10.5. The summed E-state index contributed by atoms with van der Waals surface area (Å²) in [5.74, 6) is -0.891. The first-order chi connectivity index (χ1) is 7.49. The molecule has 0 aromatic rings. The largest absolute Gasteiger partial charge is 0.478 e. The highest BCUT2D eigenvalue weighted by atomic mass is 16.5. The highest BCUT2D eigenvalue weighted by Gasteiger charge is 2.24.